The van der Waals surface area contributed by atoms with Crippen LogP contribution in [-0.2, 0) is 6.54 Å². The lowest BCUT2D eigenvalue weighted by Gasteiger charge is -2.31. The van der Waals surface area contributed by atoms with E-state index in [0.29, 0.717) is 12.2 Å². The molecule has 0 fully saturated rings. The lowest BCUT2D eigenvalue weighted by molar-refractivity contribution is 0.194. The fraction of sp³-hybridized carbons (Fsp3) is 0.133. The highest BCUT2D eigenvalue weighted by Crippen LogP contribution is 2.39. The van der Waals surface area contributed by atoms with Gasteiger partial charge in [0, 0.05) is 22.3 Å². The molecule has 1 N–H and O–H groups in total. The molecule has 1 aliphatic heterocycles. The zero-order valence-electron chi connectivity index (χ0n) is 21.0. The SMILES string of the molecule is CSc1ccc([C@H]2c3cccn3-c3c(c(C)nn3-c3ccccc3)CN2C(=O)Nc2cccc(F)c2)cc1. The molecule has 1 aliphatic rings. The Balaban J connectivity index is 1.53. The Morgan fingerprint density at radius 3 is 2.53 bits per heavy atom. The summed E-state index contributed by atoms with van der Waals surface area (Å²) < 4.78 is 18.0. The van der Waals surface area contributed by atoms with Crippen molar-refractivity contribution in [2.24, 2.45) is 0 Å². The monoisotopic (exact) mass is 523 g/mol. The second-order valence-electron chi connectivity index (χ2n) is 9.18. The third kappa shape index (κ3) is 4.26. The average molecular weight is 524 g/mol. The van der Waals surface area contributed by atoms with Crippen molar-refractivity contribution >= 4 is 23.5 Å². The van der Waals surface area contributed by atoms with Crippen LogP contribution in [0.1, 0.15) is 28.6 Å². The molecule has 2 aromatic heterocycles. The van der Waals surface area contributed by atoms with Crippen LogP contribution in [0.15, 0.2) is 102 Å². The summed E-state index contributed by atoms with van der Waals surface area (Å²) in [6, 6.07) is 27.6. The summed E-state index contributed by atoms with van der Waals surface area (Å²) in [5.74, 6) is 0.500. The van der Waals surface area contributed by atoms with Crippen molar-refractivity contribution < 1.29 is 9.18 Å². The Labute approximate surface area is 224 Å². The van der Waals surface area contributed by atoms with Crippen LogP contribution in [0.2, 0.25) is 0 Å². The molecular weight excluding hydrogens is 497 g/mol. The van der Waals surface area contributed by atoms with Gasteiger partial charge >= 0.3 is 6.03 Å². The highest BCUT2D eigenvalue weighted by atomic mass is 32.2. The molecule has 0 saturated heterocycles. The Morgan fingerprint density at radius 2 is 1.79 bits per heavy atom. The fourth-order valence-corrected chi connectivity index (χ4v) is 5.46. The van der Waals surface area contributed by atoms with Gasteiger partial charge in [0.05, 0.1) is 29.7 Å². The largest absolute Gasteiger partial charge is 0.322 e. The molecule has 2 amide bonds. The van der Waals surface area contributed by atoms with Gasteiger partial charge in [-0.05, 0) is 73.3 Å². The number of carbonyl (C=O) groups is 1. The van der Waals surface area contributed by atoms with Crippen molar-refractivity contribution in [2.75, 3.05) is 11.6 Å². The number of rotatable bonds is 4. The van der Waals surface area contributed by atoms with Crippen molar-refractivity contribution in [3.8, 4) is 11.5 Å². The second-order valence-corrected chi connectivity index (χ2v) is 10.1. The highest BCUT2D eigenvalue weighted by molar-refractivity contribution is 7.98. The van der Waals surface area contributed by atoms with E-state index >= 15 is 0 Å². The van der Waals surface area contributed by atoms with Crippen LogP contribution in [0, 0.1) is 12.7 Å². The van der Waals surface area contributed by atoms with E-state index in [1.807, 2.05) is 66.5 Å². The van der Waals surface area contributed by atoms with E-state index in [9.17, 15) is 9.18 Å². The normalized spacial score (nSPS) is 14.5. The van der Waals surface area contributed by atoms with E-state index in [2.05, 4.69) is 34.1 Å². The van der Waals surface area contributed by atoms with Crippen molar-refractivity contribution in [3.05, 3.63) is 126 Å². The molecule has 6 rings (SSSR count). The summed E-state index contributed by atoms with van der Waals surface area (Å²) in [4.78, 5) is 16.9. The standard InChI is InChI=1S/C30H26FN5OS/c1-20-26-19-35(30(37)32-23-9-6-8-22(31)18-23)28(21-13-15-25(38-2)16-14-21)27-12-7-17-34(27)29(26)36(33-20)24-10-4-3-5-11-24/h3-18,28H,19H2,1-2H3,(H,32,37)/t28-/m0/s1. The minimum atomic E-state index is -0.404. The molecular formula is C30H26FN5OS. The van der Waals surface area contributed by atoms with E-state index in [1.165, 1.54) is 12.1 Å². The van der Waals surface area contributed by atoms with Crippen LogP contribution in [0.4, 0.5) is 14.9 Å². The number of halogens is 1. The van der Waals surface area contributed by atoms with E-state index in [-0.39, 0.29) is 12.1 Å². The summed E-state index contributed by atoms with van der Waals surface area (Å²) in [7, 11) is 0. The van der Waals surface area contributed by atoms with Crippen molar-refractivity contribution in [1.82, 2.24) is 19.2 Å². The lowest BCUT2D eigenvalue weighted by atomic mass is 10.0. The first kappa shape index (κ1) is 24.1. The predicted molar refractivity (Wildman–Crippen MR) is 149 cm³/mol. The Kier molecular flexibility index (Phi) is 6.25. The zero-order chi connectivity index (χ0) is 26.2. The minimum absolute atomic E-state index is 0.318. The molecule has 3 heterocycles. The number of nitrogens with one attached hydrogen (secondary N) is 1. The van der Waals surface area contributed by atoms with Gasteiger partial charge in [-0.1, -0.05) is 36.4 Å². The number of aryl methyl sites for hydroxylation is 1. The number of para-hydroxylation sites is 1. The van der Waals surface area contributed by atoms with Gasteiger partial charge in [0.1, 0.15) is 11.6 Å². The summed E-state index contributed by atoms with van der Waals surface area (Å²) >= 11 is 1.67. The molecule has 0 aliphatic carbocycles. The molecule has 0 saturated carbocycles. The number of anilines is 1. The minimum Gasteiger partial charge on any atom is -0.308 e. The van der Waals surface area contributed by atoms with Gasteiger partial charge in [-0.3, -0.25) is 0 Å². The maximum absolute atomic E-state index is 13.9. The van der Waals surface area contributed by atoms with Gasteiger partial charge in [0.15, 0.2) is 0 Å². The van der Waals surface area contributed by atoms with Gasteiger partial charge in [-0.25, -0.2) is 13.9 Å². The Hall–Kier alpha value is -4.30. The predicted octanol–water partition coefficient (Wildman–Crippen LogP) is 6.97. The van der Waals surface area contributed by atoms with Crippen molar-refractivity contribution in [2.45, 2.75) is 24.4 Å². The topological polar surface area (TPSA) is 55.1 Å². The summed E-state index contributed by atoms with van der Waals surface area (Å²) in [6.45, 7) is 2.30. The molecule has 8 heteroatoms. The van der Waals surface area contributed by atoms with E-state index in [0.717, 1.165) is 38.9 Å². The first-order valence-corrected chi connectivity index (χ1v) is 13.5. The molecule has 0 bridgehead atoms. The van der Waals surface area contributed by atoms with Crippen LogP contribution in [-0.4, -0.2) is 31.5 Å². The molecule has 5 aromatic rings. The van der Waals surface area contributed by atoms with Crippen LogP contribution >= 0.6 is 11.8 Å². The van der Waals surface area contributed by atoms with Gasteiger partial charge in [-0.2, -0.15) is 5.10 Å². The number of aromatic nitrogens is 3. The van der Waals surface area contributed by atoms with Crippen LogP contribution in [0.5, 0.6) is 0 Å². The maximum Gasteiger partial charge on any atom is 0.322 e. The maximum atomic E-state index is 13.9. The molecule has 0 spiro atoms. The van der Waals surface area contributed by atoms with Gasteiger partial charge < -0.3 is 14.8 Å². The van der Waals surface area contributed by atoms with E-state index < -0.39 is 5.82 Å². The van der Waals surface area contributed by atoms with Crippen LogP contribution in [0.3, 0.4) is 0 Å². The number of urea groups is 1. The summed E-state index contributed by atoms with van der Waals surface area (Å²) in [5, 5.41) is 7.80. The van der Waals surface area contributed by atoms with Crippen molar-refractivity contribution in [1.29, 1.82) is 0 Å². The number of hydrogen-bond donors (Lipinski definition) is 1. The highest BCUT2D eigenvalue weighted by Gasteiger charge is 2.36. The number of thioether (sulfide) groups is 1. The molecule has 0 radical (unpaired) electrons. The van der Waals surface area contributed by atoms with E-state index in [1.54, 1.807) is 28.8 Å². The fourth-order valence-electron chi connectivity index (χ4n) is 5.05. The molecule has 3 aromatic carbocycles. The van der Waals surface area contributed by atoms with Gasteiger partial charge in [0.25, 0.3) is 0 Å². The number of amides is 2. The number of benzene rings is 3. The Bertz CT molecular complexity index is 1610. The molecule has 0 unspecified atom stereocenters. The quantitative estimate of drug-likeness (QED) is 0.259. The first-order chi connectivity index (χ1) is 18.5. The summed E-state index contributed by atoms with van der Waals surface area (Å²) in [5.41, 5.74) is 5.05. The lowest BCUT2D eigenvalue weighted by Crippen LogP contribution is -2.38. The Morgan fingerprint density at radius 1 is 1.00 bits per heavy atom. The smallest absolute Gasteiger partial charge is 0.308 e. The molecule has 6 nitrogen and oxygen atoms in total. The molecule has 38 heavy (non-hydrogen) atoms. The average Bonchev–Trinajstić information content (AvgIpc) is 3.49. The number of fused-ring (bicyclic) bond motifs is 3. The number of carbonyl (C=O) groups excluding carboxylic acids is 1. The van der Waals surface area contributed by atoms with Crippen LogP contribution < -0.4 is 5.32 Å². The summed E-state index contributed by atoms with van der Waals surface area (Å²) in [6.07, 6.45) is 4.06. The first-order valence-electron chi connectivity index (χ1n) is 12.3. The molecule has 1 atom stereocenters. The van der Waals surface area contributed by atoms with Crippen molar-refractivity contribution in [3.63, 3.8) is 0 Å². The number of hydrogen-bond acceptors (Lipinski definition) is 3. The van der Waals surface area contributed by atoms with E-state index in [4.69, 9.17) is 5.10 Å². The number of nitrogens with zero attached hydrogens (tertiary/aromatic N) is 4. The zero-order valence-corrected chi connectivity index (χ0v) is 21.8. The van der Waals surface area contributed by atoms with Gasteiger partial charge in [0.2, 0.25) is 0 Å². The third-order valence-electron chi connectivity index (χ3n) is 6.86. The van der Waals surface area contributed by atoms with Gasteiger partial charge in [-0.15, -0.1) is 11.8 Å². The molecule has 190 valence electrons. The second kappa shape index (κ2) is 9.87. The van der Waals surface area contributed by atoms with Crippen LogP contribution in [0.25, 0.3) is 11.5 Å². The third-order valence-corrected chi connectivity index (χ3v) is 7.60.